The third-order valence-electron chi connectivity index (χ3n) is 1.55. The quantitative estimate of drug-likeness (QED) is 0.337. The number of allylic oxidation sites excluding steroid dienone is 1. The summed E-state index contributed by atoms with van der Waals surface area (Å²) in [7, 11) is 1.64. The maximum atomic E-state index is 5.34. The fraction of sp³-hybridized carbons (Fsp3) is 0.636. The molecule has 3 nitrogen and oxygen atoms in total. The third kappa shape index (κ3) is 9.27. The van der Waals surface area contributed by atoms with Gasteiger partial charge in [-0.25, -0.2) is 0 Å². The Balaban J connectivity index is 3.23. The summed E-state index contributed by atoms with van der Waals surface area (Å²) in [6, 6.07) is 0. The summed E-state index contributed by atoms with van der Waals surface area (Å²) in [5.74, 6) is 2.42. The van der Waals surface area contributed by atoms with Crippen LogP contribution < -0.4 is 0 Å². The zero-order chi connectivity index (χ0) is 10.6. The topological polar surface area (TPSA) is 27.7 Å². The van der Waals surface area contributed by atoms with Crippen LogP contribution in [0.5, 0.6) is 0 Å². The minimum absolute atomic E-state index is 0.127. The molecular formula is C11H18O3. The maximum Gasteiger partial charge on any atom is 0.147 e. The van der Waals surface area contributed by atoms with Gasteiger partial charge in [0.1, 0.15) is 6.79 Å². The number of methoxy groups -OCH3 is 1. The van der Waals surface area contributed by atoms with Crippen LogP contribution >= 0.6 is 0 Å². The number of hydrogen-bond acceptors (Lipinski definition) is 3. The van der Waals surface area contributed by atoms with Crippen molar-refractivity contribution in [3.05, 3.63) is 12.2 Å². The zero-order valence-corrected chi connectivity index (χ0v) is 8.86. The first-order valence-electron chi connectivity index (χ1n) is 4.60. The Morgan fingerprint density at radius 3 is 2.86 bits per heavy atom. The molecule has 0 heterocycles. The van der Waals surface area contributed by atoms with E-state index in [1.165, 1.54) is 0 Å². The lowest BCUT2D eigenvalue weighted by molar-refractivity contribution is -0.0913. The highest BCUT2D eigenvalue weighted by Crippen LogP contribution is 1.98. The molecule has 0 amide bonds. The molecule has 0 aromatic rings. The molecule has 0 aromatic heterocycles. The van der Waals surface area contributed by atoms with E-state index in [9.17, 15) is 0 Å². The van der Waals surface area contributed by atoms with Crippen LogP contribution in [0.25, 0.3) is 0 Å². The van der Waals surface area contributed by atoms with Gasteiger partial charge in [-0.1, -0.05) is 12.0 Å². The summed E-state index contributed by atoms with van der Waals surface area (Å²) in [5.41, 5.74) is 0. The van der Waals surface area contributed by atoms with Crippen molar-refractivity contribution >= 4 is 0 Å². The summed E-state index contributed by atoms with van der Waals surface area (Å²) in [4.78, 5) is 0. The van der Waals surface area contributed by atoms with Gasteiger partial charge in [0.15, 0.2) is 0 Å². The zero-order valence-electron chi connectivity index (χ0n) is 8.86. The molecule has 0 spiro atoms. The average molecular weight is 198 g/mol. The van der Waals surface area contributed by atoms with Crippen molar-refractivity contribution < 1.29 is 14.2 Å². The molecule has 0 rings (SSSR count). The minimum atomic E-state index is 0.127. The lowest BCUT2D eigenvalue weighted by atomic mass is 10.3. The number of rotatable bonds is 8. The van der Waals surface area contributed by atoms with Gasteiger partial charge < -0.3 is 14.2 Å². The molecule has 0 aliphatic carbocycles. The molecule has 0 aliphatic heterocycles. The average Bonchev–Trinajstić information content (AvgIpc) is 2.18. The molecule has 0 radical (unpaired) electrons. The summed E-state index contributed by atoms with van der Waals surface area (Å²) in [5, 5.41) is 0. The van der Waals surface area contributed by atoms with Crippen molar-refractivity contribution in [2.24, 2.45) is 0 Å². The summed E-state index contributed by atoms with van der Waals surface area (Å²) in [6.07, 6.45) is 9.56. The van der Waals surface area contributed by atoms with Gasteiger partial charge in [0.25, 0.3) is 0 Å². The van der Waals surface area contributed by atoms with E-state index in [-0.39, 0.29) is 6.10 Å². The molecule has 0 N–H and O–H groups in total. The monoisotopic (exact) mass is 198 g/mol. The summed E-state index contributed by atoms with van der Waals surface area (Å²) in [6.45, 7) is 3.42. The van der Waals surface area contributed by atoms with Crippen LogP contribution in [0.3, 0.4) is 0 Å². The Morgan fingerprint density at radius 2 is 2.21 bits per heavy atom. The van der Waals surface area contributed by atoms with Crippen molar-refractivity contribution in [1.82, 2.24) is 0 Å². The third-order valence-corrected chi connectivity index (χ3v) is 1.55. The highest BCUT2D eigenvalue weighted by Gasteiger charge is 1.98. The Hall–Kier alpha value is -0.820. The van der Waals surface area contributed by atoms with E-state index in [2.05, 4.69) is 5.92 Å². The maximum absolute atomic E-state index is 5.34. The van der Waals surface area contributed by atoms with Crippen molar-refractivity contribution in [3.8, 4) is 12.3 Å². The summed E-state index contributed by atoms with van der Waals surface area (Å²) >= 11 is 0. The van der Waals surface area contributed by atoms with Gasteiger partial charge in [-0.05, 0) is 19.4 Å². The lowest BCUT2D eigenvalue weighted by Gasteiger charge is -2.10. The number of terminal acetylenes is 1. The fourth-order valence-electron chi connectivity index (χ4n) is 0.761. The normalized spacial score (nSPS) is 12.9. The van der Waals surface area contributed by atoms with Crippen LogP contribution in [0.1, 0.15) is 13.3 Å². The predicted molar refractivity (Wildman–Crippen MR) is 55.8 cm³/mol. The van der Waals surface area contributed by atoms with E-state index in [0.717, 1.165) is 6.42 Å². The first kappa shape index (κ1) is 13.2. The molecule has 1 atom stereocenters. The Bertz CT molecular complexity index is 181. The molecule has 80 valence electrons. The molecule has 0 saturated carbocycles. The van der Waals surface area contributed by atoms with Gasteiger partial charge in [-0.15, -0.1) is 6.42 Å². The van der Waals surface area contributed by atoms with Gasteiger partial charge in [0.2, 0.25) is 0 Å². The first-order chi connectivity index (χ1) is 6.81. The number of hydrogen-bond donors (Lipinski definition) is 0. The second-order valence-electron chi connectivity index (χ2n) is 2.80. The van der Waals surface area contributed by atoms with Crippen LogP contribution in [-0.2, 0) is 14.2 Å². The van der Waals surface area contributed by atoms with E-state index in [1.54, 1.807) is 13.2 Å². The van der Waals surface area contributed by atoms with Crippen LogP contribution in [0.15, 0.2) is 12.2 Å². The van der Waals surface area contributed by atoms with E-state index in [0.29, 0.717) is 20.0 Å². The van der Waals surface area contributed by atoms with Crippen molar-refractivity contribution in [1.29, 1.82) is 0 Å². The number of ether oxygens (including phenoxy) is 3. The highest BCUT2D eigenvalue weighted by molar-refractivity contribution is 5.08. The fourth-order valence-corrected chi connectivity index (χ4v) is 0.761. The standard InChI is InChI=1S/C11H18O3/c1-4-5-6-7-11(2)14-10-13-9-8-12-3/h1,5-6,11H,7-10H2,2-3H3/b6-5+. The second kappa shape index (κ2) is 10.3. The molecule has 0 aliphatic rings. The van der Waals surface area contributed by atoms with Crippen molar-refractivity contribution in [2.75, 3.05) is 27.1 Å². The largest absolute Gasteiger partial charge is 0.382 e. The van der Waals surface area contributed by atoms with Gasteiger partial charge in [-0.3, -0.25) is 0 Å². The van der Waals surface area contributed by atoms with Crippen LogP contribution in [-0.4, -0.2) is 33.2 Å². The molecule has 0 bridgehead atoms. The van der Waals surface area contributed by atoms with Gasteiger partial charge in [0, 0.05) is 7.11 Å². The SMILES string of the molecule is C#C/C=C/CC(C)OCOCCOC. The molecule has 14 heavy (non-hydrogen) atoms. The minimum Gasteiger partial charge on any atom is -0.382 e. The Labute approximate surface area is 86.0 Å². The molecule has 3 heteroatoms. The second-order valence-corrected chi connectivity index (χ2v) is 2.80. The lowest BCUT2D eigenvalue weighted by Crippen LogP contribution is -2.12. The molecular weight excluding hydrogens is 180 g/mol. The summed E-state index contributed by atoms with van der Waals surface area (Å²) < 4.78 is 15.3. The van der Waals surface area contributed by atoms with Crippen molar-refractivity contribution in [2.45, 2.75) is 19.4 Å². The smallest absolute Gasteiger partial charge is 0.147 e. The van der Waals surface area contributed by atoms with Gasteiger partial charge in [0.05, 0.1) is 19.3 Å². The van der Waals surface area contributed by atoms with Gasteiger partial charge >= 0.3 is 0 Å². The van der Waals surface area contributed by atoms with Crippen LogP contribution in [0.2, 0.25) is 0 Å². The Morgan fingerprint density at radius 1 is 1.43 bits per heavy atom. The van der Waals surface area contributed by atoms with E-state index >= 15 is 0 Å². The van der Waals surface area contributed by atoms with E-state index in [4.69, 9.17) is 20.6 Å². The highest BCUT2D eigenvalue weighted by atomic mass is 16.7. The van der Waals surface area contributed by atoms with Crippen LogP contribution in [0.4, 0.5) is 0 Å². The first-order valence-corrected chi connectivity index (χ1v) is 4.60. The van der Waals surface area contributed by atoms with Crippen molar-refractivity contribution in [3.63, 3.8) is 0 Å². The van der Waals surface area contributed by atoms with Gasteiger partial charge in [-0.2, -0.15) is 0 Å². The van der Waals surface area contributed by atoms with E-state index < -0.39 is 0 Å². The van der Waals surface area contributed by atoms with E-state index in [1.807, 2.05) is 13.0 Å². The van der Waals surface area contributed by atoms with Crippen LogP contribution in [0, 0.1) is 12.3 Å². The Kier molecular flexibility index (Phi) is 9.66. The molecule has 0 aromatic carbocycles. The molecule has 1 unspecified atom stereocenters. The molecule has 0 fully saturated rings. The molecule has 0 saturated heterocycles. The predicted octanol–water partition coefficient (Wildman–Crippen LogP) is 1.59.